The molecule has 0 bridgehead atoms. The van der Waals surface area contributed by atoms with E-state index in [2.05, 4.69) is 5.43 Å². The number of methoxy groups -OCH3 is 1. The van der Waals surface area contributed by atoms with E-state index >= 15 is 4.79 Å². The van der Waals surface area contributed by atoms with Gasteiger partial charge in [0.15, 0.2) is 0 Å². The van der Waals surface area contributed by atoms with Gasteiger partial charge in [0.2, 0.25) is 11.8 Å². The van der Waals surface area contributed by atoms with Crippen molar-refractivity contribution >= 4 is 52.3 Å². The molecule has 2 saturated heterocycles. The molecule has 4 aliphatic rings. The number of hydrogen-bond donors (Lipinski definition) is 2. The molecule has 0 spiro atoms. The van der Waals surface area contributed by atoms with Gasteiger partial charge in [-0.15, -0.1) is 0 Å². The molecule has 268 valence electrons. The van der Waals surface area contributed by atoms with Crippen LogP contribution in [0.4, 0.5) is 21.5 Å². The van der Waals surface area contributed by atoms with Crippen molar-refractivity contribution in [3.63, 3.8) is 0 Å². The molecule has 12 nitrogen and oxygen atoms in total. The van der Waals surface area contributed by atoms with Gasteiger partial charge in [0.05, 0.1) is 46.6 Å². The van der Waals surface area contributed by atoms with Crippen molar-refractivity contribution in [2.75, 3.05) is 17.4 Å². The van der Waals surface area contributed by atoms with Gasteiger partial charge in [-0.3, -0.25) is 39.6 Å². The fourth-order valence-corrected chi connectivity index (χ4v) is 8.99. The molecule has 2 N–H and O–H groups in total. The first-order valence-electron chi connectivity index (χ1n) is 16.8. The van der Waals surface area contributed by atoms with Crippen LogP contribution in [0.5, 0.6) is 11.5 Å². The number of halogens is 2. The van der Waals surface area contributed by atoms with Gasteiger partial charge in [-0.1, -0.05) is 35.4 Å². The van der Waals surface area contributed by atoms with Crippen molar-refractivity contribution in [2.45, 2.75) is 24.2 Å². The Morgan fingerprint density at radius 1 is 0.925 bits per heavy atom. The minimum atomic E-state index is -1.70. The molecular weight excluding hydrogens is 707 g/mol. The van der Waals surface area contributed by atoms with Crippen molar-refractivity contribution in [3.05, 3.63) is 135 Å². The minimum absolute atomic E-state index is 0.0177. The Morgan fingerprint density at radius 2 is 1.62 bits per heavy atom. The maximum absolute atomic E-state index is 15.2. The Hall–Kier alpha value is -6.08. The van der Waals surface area contributed by atoms with Gasteiger partial charge in [-0.2, -0.15) is 5.01 Å². The molecule has 2 heterocycles. The first-order valence-corrected chi connectivity index (χ1v) is 17.2. The highest BCUT2D eigenvalue weighted by molar-refractivity contribution is 6.30. The zero-order chi connectivity index (χ0) is 37.3. The van der Waals surface area contributed by atoms with Crippen molar-refractivity contribution in [3.8, 4) is 11.5 Å². The quantitative estimate of drug-likeness (QED) is 0.0962. The van der Waals surface area contributed by atoms with Gasteiger partial charge in [0.1, 0.15) is 17.3 Å². The number of nitro groups is 1. The lowest BCUT2D eigenvalue weighted by atomic mass is 9.49. The number of carbonyl (C=O) groups is 4. The summed E-state index contributed by atoms with van der Waals surface area (Å²) in [6.45, 7) is 0. The second-order valence-electron chi connectivity index (χ2n) is 13.6. The number of benzene rings is 4. The van der Waals surface area contributed by atoms with Crippen LogP contribution in [0.25, 0.3) is 0 Å². The van der Waals surface area contributed by atoms with Crippen LogP contribution >= 0.6 is 11.6 Å². The predicted octanol–water partition coefficient (Wildman–Crippen LogP) is 6.29. The highest BCUT2D eigenvalue weighted by Crippen LogP contribution is 2.65. The standard InChI is InChI=1S/C39H30ClFN4O8/c1-53-26-14-17-32(46)30(18-26)34-27-15-16-28-33(37(49)43(35(28)47)24-10-12-25(13-11-24)45(51)52)29(27)19-31-36(48)44(42-23-8-6-22(41)7-9-23)38(50)39(31,34)20-2-4-21(40)5-3-20/h2-15,17-18,28-29,31,33-34,42,46H,16,19H2,1H3/t28-,29+,31-,33-,34+,39+/m0/s1. The fourth-order valence-electron chi connectivity index (χ4n) is 8.87. The number of ether oxygens (including phenoxy) is 1. The van der Waals surface area contributed by atoms with Crippen molar-refractivity contribution in [1.82, 2.24) is 5.01 Å². The normalized spacial score (nSPS) is 26.2. The van der Waals surface area contributed by atoms with Crippen LogP contribution in [0.3, 0.4) is 0 Å². The zero-order valence-electron chi connectivity index (χ0n) is 27.9. The fraction of sp³-hybridized carbons (Fsp3) is 0.231. The molecule has 2 aliphatic heterocycles. The maximum Gasteiger partial charge on any atom is 0.269 e. The number of hydrazine groups is 1. The summed E-state index contributed by atoms with van der Waals surface area (Å²) in [7, 11) is 1.45. The number of hydrogen-bond acceptors (Lipinski definition) is 9. The van der Waals surface area contributed by atoms with Crippen molar-refractivity contribution < 1.29 is 38.3 Å². The van der Waals surface area contributed by atoms with Crippen LogP contribution < -0.4 is 15.1 Å². The maximum atomic E-state index is 15.2. The number of nitrogens with one attached hydrogen (secondary N) is 1. The molecule has 53 heavy (non-hydrogen) atoms. The molecule has 8 rings (SSSR count). The molecule has 3 fully saturated rings. The van der Waals surface area contributed by atoms with E-state index in [0.717, 1.165) is 9.91 Å². The molecule has 0 aromatic heterocycles. The summed E-state index contributed by atoms with van der Waals surface area (Å²) in [5, 5.41) is 24.2. The van der Waals surface area contributed by atoms with Gasteiger partial charge in [0, 0.05) is 28.6 Å². The summed E-state index contributed by atoms with van der Waals surface area (Å²) in [5.41, 5.74) is 2.73. The number of anilines is 2. The summed E-state index contributed by atoms with van der Waals surface area (Å²) in [5.74, 6) is -7.27. The second kappa shape index (κ2) is 12.6. The number of phenols is 1. The molecular formula is C39H30ClFN4O8. The smallest absolute Gasteiger partial charge is 0.269 e. The summed E-state index contributed by atoms with van der Waals surface area (Å²) < 4.78 is 19.4. The summed E-state index contributed by atoms with van der Waals surface area (Å²) in [4.78, 5) is 70.2. The minimum Gasteiger partial charge on any atom is -0.508 e. The number of nitrogens with zero attached hydrogens (tertiary/aromatic N) is 3. The third kappa shape index (κ3) is 5.09. The molecule has 14 heteroatoms. The van der Waals surface area contributed by atoms with E-state index in [4.69, 9.17) is 16.3 Å². The van der Waals surface area contributed by atoms with E-state index in [9.17, 15) is 34.0 Å². The lowest BCUT2D eigenvalue weighted by Gasteiger charge is -2.50. The van der Waals surface area contributed by atoms with Gasteiger partial charge in [-0.25, -0.2) is 4.39 Å². The monoisotopic (exact) mass is 736 g/mol. The molecule has 0 radical (unpaired) electrons. The topological polar surface area (TPSA) is 159 Å². The van der Waals surface area contributed by atoms with E-state index < -0.39 is 69.4 Å². The number of allylic oxidation sites excluding steroid dienone is 2. The number of amides is 4. The van der Waals surface area contributed by atoms with Gasteiger partial charge in [-0.05, 0) is 91.1 Å². The lowest BCUT2D eigenvalue weighted by Crippen LogP contribution is -2.53. The Kier molecular flexibility index (Phi) is 8.06. The number of imide groups is 2. The molecule has 0 unspecified atom stereocenters. The van der Waals surface area contributed by atoms with Crippen LogP contribution in [0.2, 0.25) is 5.02 Å². The molecule has 4 aromatic rings. The Bertz CT molecular complexity index is 2250. The molecule has 1 saturated carbocycles. The van der Waals surface area contributed by atoms with Crippen molar-refractivity contribution in [1.29, 1.82) is 0 Å². The first kappa shape index (κ1) is 34.0. The van der Waals surface area contributed by atoms with Crippen LogP contribution in [0, 0.1) is 39.6 Å². The van der Waals surface area contributed by atoms with Crippen LogP contribution in [-0.2, 0) is 24.6 Å². The average molecular weight is 737 g/mol. The van der Waals surface area contributed by atoms with E-state index in [0.29, 0.717) is 21.9 Å². The average Bonchev–Trinajstić information content (AvgIpc) is 3.53. The van der Waals surface area contributed by atoms with Gasteiger partial charge in [0.25, 0.3) is 17.5 Å². The van der Waals surface area contributed by atoms with Gasteiger partial charge < -0.3 is 9.84 Å². The Morgan fingerprint density at radius 3 is 2.28 bits per heavy atom. The molecule has 4 aromatic carbocycles. The van der Waals surface area contributed by atoms with E-state index in [1.807, 2.05) is 6.08 Å². The third-order valence-corrected chi connectivity index (χ3v) is 11.4. The zero-order valence-corrected chi connectivity index (χ0v) is 28.7. The second-order valence-corrected chi connectivity index (χ2v) is 14.0. The summed E-state index contributed by atoms with van der Waals surface area (Å²) >= 11 is 6.33. The van der Waals surface area contributed by atoms with E-state index in [1.54, 1.807) is 36.4 Å². The number of carbonyl (C=O) groups excluding carboxylic acids is 4. The lowest BCUT2D eigenvalue weighted by molar-refractivity contribution is -0.384. The molecule has 4 amide bonds. The number of aromatic hydroxyl groups is 1. The molecule has 6 atom stereocenters. The highest BCUT2D eigenvalue weighted by Gasteiger charge is 2.70. The van der Waals surface area contributed by atoms with Crippen LogP contribution in [-0.4, -0.2) is 45.8 Å². The number of phenolic OH excluding ortho intramolecular Hbond substituents is 1. The Labute approximate surface area is 306 Å². The van der Waals surface area contributed by atoms with Crippen LogP contribution in [0.1, 0.15) is 29.9 Å². The highest BCUT2D eigenvalue weighted by atomic mass is 35.5. The Balaban J connectivity index is 1.32. The largest absolute Gasteiger partial charge is 0.508 e. The SMILES string of the molecule is COc1ccc(O)c([C@H]2C3=CC[C@@H]4C(=O)N(c5ccc([N+](=O)[O-])cc5)C(=O)[C@@H]4[C@@H]3C[C@H]3C(=O)N(Nc4ccc(F)cc4)C(=O)[C@@]23c2ccc(Cl)cc2)c1. The number of non-ortho nitro benzene ring substituents is 1. The number of rotatable bonds is 7. The van der Waals surface area contributed by atoms with E-state index in [-0.39, 0.29) is 41.2 Å². The molecule has 2 aliphatic carbocycles. The number of fused-ring (bicyclic) bond motifs is 4. The van der Waals surface area contributed by atoms with E-state index in [1.165, 1.54) is 61.7 Å². The third-order valence-electron chi connectivity index (χ3n) is 11.1. The van der Waals surface area contributed by atoms with Crippen LogP contribution in [0.15, 0.2) is 103 Å². The number of nitro benzene ring substituents is 1. The summed E-state index contributed by atoms with van der Waals surface area (Å²) in [6, 6.07) is 21.4. The first-order chi connectivity index (χ1) is 25.4. The summed E-state index contributed by atoms with van der Waals surface area (Å²) in [6.07, 6.45) is 1.94. The predicted molar refractivity (Wildman–Crippen MR) is 189 cm³/mol. The van der Waals surface area contributed by atoms with Gasteiger partial charge >= 0.3 is 0 Å². The van der Waals surface area contributed by atoms with Crippen molar-refractivity contribution in [2.24, 2.45) is 23.7 Å².